The molecule has 0 saturated carbocycles. The van der Waals surface area contributed by atoms with Crippen LogP contribution in [-0.2, 0) is 0 Å². The maximum atomic E-state index is 8.86. The fourth-order valence-corrected chi connectivity index (χ4v) is 1.43. The van der Waals surface area contributed by atoms with Crippen LogP contribution in [0.4, 0.5) is 0 Å². The first-order chi connectivity index (χ1) is 4.79. The van der Waals surface area contributed by atoms with Gasteiger partial charge >= 0.3 is 0 Å². The second-order valence-corrected chi connectivity index (χ2v) is 2.82. The summed E-state index contributed by atoms with van der Waals surface area (Å²) in [6, 6.07) is 0.284. The third kappa shape index (κ3) is 1.22. The summed E-state index contributed by atoms with van der Waals surface area (Å²) in [4.78, 5) is 0. The molecular formula is C8H15NO. The zero-order valence-corrected chi connectivity index (χ0v) is 6.59. The van der Waals surface area contributed by atoms with Crippen LogP contribution in [0.15, 0.2) is 11.6 Å². The summed E-state index contributed by atoms with van der Waals surface area (Å²) in [5, 5.41) is 12.1. The molecule has 0 bridgehead atoms. The Bertz CT molecular complexity index is 142. The van der Waals surface area contributed by atoms with Gasteiger partial charge in [-0.25, -0.2) is 0 Å². The van der Waals surface area contributed by atoms with Gasteiger partial charge in [-0.1, -0.05) is 18.6 Å². The van der Waals surface area contributed by atoms with E-state index in [-0.39, 0.29) is 12.6 Å². The van der Waals surface area contributed by atoms with Crippen molar-refractivity contribution < 1.29 is 5.11 Å². The smallest absolute Gasteiger partial charge is 0.0590 e. The van der Waals surface area contributed by atoms with Crippen LogP contribution < -0.4 is 5.32 Å². The molecule has 1 aliphatic rings. The Morgan fingerprint density at radius 2 is 2.50 bits per heavy atom. The lowest BCUT2D eigenvalue weighted by atomic mass is 9.99. The van der Waals surface area contributed by atoms with Crippen molar-refractivity contribution in [2.24, 2.45) is 5.92 Å². The highest BCUT2D eigenvalue weighted by molar-refractivity contribution is 5.15. The van der Waals surface area contributed by atoms with Crippen molar-refractivity contribution in [3.63, 3.8) is 0 Å². The number of aliphatic hydroxyl groups is 1. The Labute approximate surface area is 61.9 Å². The van der Waals surface area contributed by atoms with E-state index in [4.69, 9.17) is 5.11 Å². The molecule has 1 saturated heterocycles. The first-order valence-electron chi connectivity index (χ1n) is 3.79. The maximum absolute atomic E-state index is 8.86. The van der Waals surface area contributed by atoms with Gasteiger partial charge in [0, 0.05) is 12.6 Å². The van der Waals surface area contributed by atoms with E-state index in [1.54, 1.807) is 0 Å². The van der Waals surface area contributed by atoms with Gasteiger partial charge < -0.3 is 10.4 Å². The predicted molar refractivity (Wildman–Crippen MR) is 41.8 cm³/mol. The molecule has 2 heteroatoms. The molecule has 1 aliphatic heterocycles. The van der Waals surface area contributed by atoms with Crippen LogP contribution >= 0.6 is 0 Å². The standard InChI is InChI=1S/C8H15NO/c1-3-7-4-9-8(5-10)6(7)2/h3,6,8-10H,4-5H2,1-2H3/b7-3+/t6?,8-/m0/s1. The topological polar surface area (TPSA) is 32.3 Å². The van der Waals surface area contributed by atoms with E-state index >= 15 is 0 Å². The largest absolute Gasteiger partial charge is 0.395 e. The minimum atomic E-state index is 0.249. The Balaban J connectivity index is 2.58. The summed E-state index contributed by atoms with van der Waals surface area (Å²) in [6.45, 7) is 5.39. The van der Waals surface area contributed by atoms with Crippen LogP contribution in [0.25, 0.3) is 0 Å². The van der Waals surface area contributed by atoms with Gasteiger partial charge in [-0.15, -0.1) is 0 Å². The van der Waals surface area contributed by atoms with E-state index in [9.17, 15) is 0 Å². The van der Waals surface area contributed by atoms with Crippen LogP contribution in [0, 0.1) is 5.92 Å². The summed E-state index contributed by atoms with van der Waals surface area (Å²) in [6.07, 6.45) is 2.13. The highest BCUT2D eigenvalue weighted by atomic mass is 16.3. The van der Waals surface area contributed by atoms with Crippen molar-refractivity contribution in [1.82, 2.24) is 5.32 Å². The number of hydrogen-bond donors (Lipinski definition) is 2. The average molecular weight is 141 g/mol. The lowest BCUT2D eigenvalue weighted by Crippen LogP contribution is -2.29. The van der Waals surface area contributed by atoms with Gasteiger partial charge in [0.25, 0.3) is 0 Å². The van der Waals surface area contributed by atoms with Gasteiger partial charge in [0.1, 0.15) is 0 Å². The zero-order chi connectivity index (χ0) is 7.56. The van der Waals surface area contributed by atoms with E-state index in [1.807, 2.05) is 6.92 Å². The average Bonchev–Trinajstić information content (AvgIpc) is 2.30. The highest BCUT2D eigenvalue weighted by Gasteiger charge is 2.25. The van der Waals surface area contributed by atoms with E-state index in [1.165, 1.54) is 5.57 Å². The van der Waals surface area contributed by atoms with Crippen molar-refractivity contribution in [3.05, 3.63) is 11.6 Å². The van der Waals surface area contributed by atoms with E-state index < -0.39 is 0 Å². The third-order valence-corrected chi connectivity index (χ3v) is 2.32. The maximum Gasteiger partial charge on any atom is 0.0590 e. The summed E-state index contributed by atoms with van der Waals surface area (Å²) < 4.78 is 0. The molecule has 1 heterocycles. The molecule has 1 fully saturated rings. The molecule has 0 aromatic carbocycles. The van der Waals surface area contributed by atoms with Crippen molar-refractivity contribution in [2.75, 3.05) is 13.2 Å². The van der Waals surface area contributed by atoms with Crippen molar-refractivity contribution in [1.29, 1.82) is 0 Å². The van der Waals surface area contributed by atoms with Crippen molar-refractivity contribution in [2.45, 2.75) is 19.9 Å². The third-order valence-electron chi connectivity index (χ3n) is 2.32. The molecule has 1 rings (SSSR count). The molecular weight excluding hydrogens is 126 g/mol. The van der Waals surface area contributed by atoms with Gasteiger partial charge in [-0.05, 0) is 12.8 Å². The van der Waals surface area contributed by atoms with Crippen LogP contribution in [0.5, 0.6) is 0 Å². The Morgan fingerprint density at radius 1 is 1.80 bits per heavy atom. The highest BCUT2D eigenvalue weighted by Crippen LogP contribution is 2.19. The molecule has 58 valence electrons. The van der Waals surface area contributed by atoms with Crippen molar-refractivity contribution in [3.8, 4) is 0 Å². The minimum Gasteiger partial charge on any atom is -0.395 e. The molecule has 0 amide bonds. The number of allylic oxidation sites excluding steroid dienone is 1. The fraction of sp³-hybridized carbons (Fsp3) is 0.750. The lowest BCUT2D eigenvalue weighted by Gasteiger charge is -2.11. The molecule has 1 unspecified atom stereocenters. The number of aliphatic hydroxyl groups excluding tert-OH is 1. The predicted octanol–water partition coefficient (Wildman–Crippen LogP) is 0.533. The molecule has 2 atom stereocenters. The van der Waals surface area contributed by atoms with Crippen LogP contribution in [0.2, 0.25) is 0 Å². The Kier molecular flexibility index (Phi) is 2.46. The summed E-state index contributed by atoms with van der Waals surface area (Å²) in [7, 11) is 0. The summed E-state index contributed by atoms with van der Waals surface area (Å²) in [5.41, 5.74) is 1.42. The van der Waals surface area contributed by atoms with Gasteiger partial charge in [-0.3, -0.25) is 0 Å². The second-order valence-electron chi connectivity index (χ2n) is 2.82. The molecule has 0 radical (unpaired) electrons. The molecule has 0 spiro atoms. The van der Waals surface area contributed by atoms with E-state index in [0.29, 0.717) is 5.92 Å². The Hall–Kier alpha value is -0.340. The summed E-state index contributed by atoms with van der Waals surface area (Å²) >= 11 is 0. The number of hydrogen-bond acceptors (Lipinski definition) is 2. The Morgan fingerprint density at radius 3 is 2.80 bits per heavy atom. The molecule has 0 aromatic heterocycles. The number of rotatable bonds is 1. The van der Waals surface area contributed by atoms with Gasteiger partial charge in [0.05, 0.1) is 6.61 Å². The SMILES string of the molecule is C/C=C1\CN[C@@H](CO)C1C. The molecule has 10 heavy (non-hydrogen) atoms. The van der Waals surface area contributed by atoms with Gasteiger partial charge in [-0.2, -0.15) is 0 Å². The zero-order valence-electron chi connectivity index (χ0n) is 6.59. The van der Waals surface area contributed by atoms with Gasteiger partial charge in [0.2, 0.25) is 0 Å². The molecule has 0 aliphatic carbocycles. The van der Waals surface area contributed by atoms with E-state index in [2.05, 4.69) is 18.3 Å². The summed E-state index contributed by atoms with van der Waals surface area (Å²) in [5.74, 6) is 0.509. The van der Waals surface area contributed by atoms with Crippen LogP contribution in [0.1, 0.15) is 13.8 Å². The quantitative estimate of drug-likeness (QED) is 0.522. The van der Waals surface area contributed by atoms with Crippen molar-refractivity contribution >= 4 is 0 Å². The monoisotopic (exact) mass is 141 g/mol. The normalized spacial score (nSPS) is 37.3. The molecule has 0 aromatic rings. The van der Waals surface area contributed by atoms with Crippen LogP contribution in [0.3, 0.4) is 0 Å². The molecule has 2 N–H and O–H groups in total. The minimum absolute atomic E-state index is 0.249. The van der Waals surface area contributed by atoms with E-state index in [0.717, 1.165) is 6.54 Å². The van der Waals surface area contributed by atoms with Crippen LogP contribution in [-0.4, -0.2) is 24.3 Å². The second kappa shape index (κ2) is 3.17. The fourth-order valence-electron chi connectivity index (χ4n) is 1.43. The number of nitrogens with one attached hydrogen (secondary N) is 1. The molecule has 2 nitrogen and oxygen atoms in total. The van der Waals surface area contributed by atoms with Gasteiger partial charge in [0.15, 0.2) is 0 Å². The first kappa shape index (κ1) is 7.76. The lowest BCUT2D eigenvalue weighted by molar-refractivity contribution is 0.237. The first-order valence-corrected chi connectivity index (χ1v) is 3.79.